The van der Waals surface area contributed by atoms with Crippen molar-refractivity contribution in [3.05, 3.63) is 52.9 Å². The molecule has 20 heavy (non-hydrogen) atoms. The summed E-state index contributed by atoms with van der Waals surface area (Å²) in [5.41, 5.74) is 1.52. The summed E-state index contributed by atoms with van der Waals surface area (Å²) in [5, 5.41) is 15.5. The van der Waals surface area contributed by atoms with Gasteiger partial charge in [-0.2, -0.15) is 0 Å². The number of hydrogen-bond acceptors (Lipinski definition) is 3. The van der Waals surface area contributed by atoms with Crippen molar-refractivity contribution in [3.8, 4) is 0 Å². The molecule has 6 heteroatoms. The van der Waals surface area contributed by atoms with E-state index in [4.69, 9.17) is 16.0 Å². The van der Waals surface area contributed by atoms with Crippen molar-refractivity contribution in [2.75, 3.05) is 11.9 Å². The van der Waals surface area contributed by atoms with Gasteiger partial charge in [0.05, 0.1) is 12.8 Å². The van der Waals surface area contributed by atoms with Crippen molar-refractivity contribution in [2.45, 2.75) is 13.0 Å². The van der Waals surface area contributed by atoms with Crippen LogP contribution >= 0.6 is 11.6 Å². The summed E-state index contributed by atoms with van der Waals surface area (Å²) in [7, 11) is 0. The van der Waals surface area contributed by atoms with E-state index in [0.29, 0.717) is 16.5 Å². The van der Waals surface area contributed by atoms with Gasteiger partial charge in [-0.1, -0.05) is 17.7 Å². The number of anilines is 1. The lowest BCUT2D eigenvalue weighted by molar-refractivity contribution is 0.149. The van der Waals surface area contributed by atoms with Crippen LogP contribution in [0.5, 0.6) is 0 Å². The Labute approximate surface area is 121 Å². The summed E-state index contributed by atoms with van der Waals surface area (Å²) in [6.07, 6.45) is 0.588. The third-order valence-electron chi connectivity index (χ3n) is 2.76. The number of furan rings is 1. The zero-order chi connectivity index (χ0) is 14.5. The lowest BCUT2D eigenvalue weighted by Crippen LogP contribution is -2.32. The molecule has 0 bridgehead atoms. The lowest BCUT2D eigenvalue weighted by Gasteiger charge is -2.11. The van der Waals surface area contributed by atoms with Crippen molar-refractivity contribution in [1.82, 2.24) is 5.32 Å². The number of aryl methyl sites for hydroxylation is 1. The van der Waals surface area contributed by atoms with Crippen LogP contribution in [0.25, 0.3) is 0 Å². The van der Waals surface area contributed by atoms with Crippen LogP contribution in [0.2, 0.25) is 5.02 Å². The third-order valence-corrected chi connectivity index (χ3v) is 3.16. The minimum Gasteiger partial charge on any atom is -0.467 e. The highest BCUT2D eigenvalue weighted by Gasteiger charge is 2.11. The first-order valence-corrected chi connectivity index (χ1v) is 6.46. The van der Waals surface area contributed by atoms with Crippen molar-refractivity contribution >= 4 is 23.3 Å². The Morgan fingerprint density at radius 3 is 2.90 bits per heavy atom. The molecule has 0 radical (unpaired) electrons. The smallest absolute Gasteiger partial charge is 0.319 e. The molecule has 0 saturated carbocycles. The molecule has 0 aliphatic heterocycles. The van der Waals surface area contributed by atoms with E-state index in [1.165, 1.54) is 6.26 Å². The van der Waals surface area contributed by atoms with Gasteiger partial charge in [0.25, 0.3) is 0 Å². The Kier molecular flexibility index (Phi) is 4.65. The highest BCUT2D eigenvalue weighted by molar-refractivity contribution is 6.31. The zero-order valence-corrected chi connectivity index (χ0v) is 11.6. The Balaban J connectivity index is 1.85. The average Bonchev–Trinajstić information content (AvgIpc) is 2.94. The van der Waals surface area contributed by atoms with Crippen LogP contribution in [0, 0.1) is 6.92 Å². The number of halogens is 1. The number of amides is 2. The van der Waals surface area contributed by atoms with E-state index in [1.807, 2.05) is 13.0 Å². The Morgan fingerprint density at radius 1 is 1.45 bits per heavy atom. The highest BCUT2D eigenvalue weighted by Crippen LogP contribution is 2.19. The molecule has 0 spiro atoms. The highest BCUT2D eigenvalue weighted by atomic mass is 35.5. The van der Waals surface area contributed by atoms with Crippen molar-refractivity contribution < 1.29 is 14.3 Å². The van der Waals surface area contributed by atoms with Gasteiger partial charge >= 0.3 is 6.03 Å². The van der Waals surface area contributed by atoms with Crippen molar-refractivity contribution in [3.63, 3.8) is 0 Å². The molecule has 0 aliphatic carbocycles. The van der Waals surface area contributed by atoms with Gasteiger partial charge in [0.1, 0.15) is 11.9 Å². The molecular formula is C14H15ClN2O3. The van der Waals surface area contributed by atoms with Crippen LogP contribution in [-0.2, 0) is 0 Å². The number of carbonyl (C=O) groups excluding carboxylic acids is 1. The molecule has 0 saturated heterocycles. The molecule has 2 rings (SSSR count). The molecular weight excluding hydrogens is 280 g/mol. The van der Waals surface area contributed by atoms with Gasteiger partial charge in [-0.15, -0.1) is 0 Å². The molecule has 2 aromatic rings. The summed E-state index contributed by atoms with van der Waals surface area (Å²) < 4.78 is 5.04. The second kappa shape index (κ2) is 6.45. The summed E-state index contributed by atoms with van der Waals surface area (Å²) >= 11 is 5.97. The summed E-state index contributed by atoms with van der Waals surface area (Å²) in [6.45, 7) is 1.94. The number of urea groups is 1. The quantitative estimate of drug-likeness (QED) is 0.811. The first-order valence-electron chi connectivity index (χ1n) is 6.08. The van der Waals surface area contributed by atoms with Gasteiger partial charge in [0, 0.05) is 10.7 Å². The number of aliphatic hydroxyl groups excluding tert-OH is 1. The SMILES string of the molecule is Cc1ccc(NC(=O)NCC(O)c2ccco2)cc1Cl. The van der Waals surface area contributed by atoms with Crippen LogP contribution in [0.1, 0.15) is 17.4 Å². The van der Waals surface area contributed by atoms with Crippen molar-refractivity contribution in [1.29, 1.82) is 0 Å². The largest absolute Gasteiger partial charge is 0.467 e. The third kappa shape index (κ3) is 3.76. The number of benzene rings is 1. The van der Waals surface area contributed by atoms with Crippen LogP contribution in [0.15, 0.2) is 41.0 Å². The Bertz CT molecular complexity index is 584. The van der Waals surface area contributed by atoms with Crippen LogP contribution in [0.3, 0.4) is 0 Å². The van der Waals surface area contributed by atoms with E-state index in [-0.39, 0.29) is 6.54 Å². The topological polar surface area (TPSA) is 74.5 Å². The lowest BCUT2D eigenvalue weighted by atomic mass is 10.2. The Hall–Kier alpha value is -1.98. The molecule has 5 nitrogen and oxygen atoms in total. The zero-order valence-electron chi connectivity index (χ0n) is 10.9. The van der Waals surface area contributed by atoms with E-state index >= 15 is 0 Å². The van der Waals surface area contributed by atoms with E-state index in [9.17, 15) is 9.90 Å². The molecule has 1 heterocycles. The van der Waals surface area contributed by atoms with E-state index in [1.54, 1.807) is 24.3 Å². The first kappa shape index (κ1) is 14.4. The van der Waals surface area contributed by atoms with Gasteiger partial charge < -0.3 is 20.2 Å². The summed E-state index contributed by atoms with van der Waals surface area (Å²) in [6, 6.07) is 8.13. The molecule has 0 fully saturated rings. The number of hydrogen-bond donors (Lipinski definition) is 3. The maximum atomic E-state index is 11.7. The van der Waals surface area contributed by atoms with Crippen LogP contribution in [-0.4, -0.2) is 17.7 Å². The second-order valence-corrected chi connectivity index (χ2v) is 4.74. The predicted molar refractivity (Wildman–Crippen MR) is 76.9 cm³/mol. The second-order valence-electron chi connectivity index (χ2n) is 4.33. The Morgan fingerprint density at radius 2 is 2.25 bits per heavy atom. The molecule has 106 valence electrons. The standard InChI is InChI=1S/C14H15ClN2O3/c1-9-4-5-10(7-11(9)15)17-14(19)16-8-12(18)13-3-2-6-20-13/h2-7,12,18H,8H2,1H3,(H2,16,17,19). The fourth-order valence-electron chi connectivity index (χ4n) is 1.62. The number of carbonyl (C=O) groups is 1. The van der Waals surface area contributed by atoms with Gasteiger partial charge in [0.15, 0.2) is 0 Å². The maximum absolute atomic E-state index is 11.7. The molecule has 0 aliphatic rings. The molecule has 3 N–H and O–H groups in total. The van der Waals surface area contributed by atoms with E-state index < -0.39 is 12.1 Å². The van der Waals surface area contributed by atoms with E-state index in [2.05, 4.69) is 10.6 Å². The molecule has 2 amide bonds. The summed E-state index contributed by atoms with van der Waals surface area (Å²) in [5.74, 6) is 0.406. The fraction of sp³-hybridized carbons (Fsp3) is 0.214. The molecule has 1 unspecified atom stereocenters. The fourth-order valence-corrected chi connectivity index (χ4v) is 1.80. The predicted octanol–water partition coefficient (Wildman–Crippen LogP) is 3.10. The number of aliphatic hydroxyl groups is 1. The minimum absolute atomic E-state index is 0.0545. The van der Waals surface area contributed by atoms with Gasteiger partial charge in [0.2, 0.25) is 0 Å². The first-order chi connectivity index (χ1) is 9.56. The summed E-state index contributed by atoms with van der Waals surface area (Å²) in [4.78, 5) is 11.7. The van der Waals surface area contributed by atoms with Gasteiger partial charge in [-0.25, -0.2) is 4.79 Å². The number of rotatable bonds is 4. The van der Waals surface area contributed by atoms with Gasteiger partial charge in [-0.05, 0) is 36.8 Å². The van der Waals surface area contributed by atoms with Crippen LogP contribution in [0.4, 0.5) is 10.5 Å². The van der Waals surface area contributed by atoms with Crippen molar-refractivity contribution in [2.24, 2.45) is 0 Å². The van der Waals surface area contributed by atoms with Gasteiger partial charge in [-0.3, -0.25) is 0 Å². The maximum Gasteiger partial charge on any atom is 0.319 e. The monoisotopic (exact) mass is 294 g/mol. The normalized spacial score (nSPS) is 11.9. The number of nitrogens with one attached hydrogen (secondary N) is 2. The molecule has 1 aromatic carbocycles. The minimum atomic E-state index is -0.877. The van der Waals surface area contributed by atoms with Crippen LogP contribution < -0.4 is 10.6 Å². The average molecular weight is 295 g/mol. The molecule has 1 atom stereocenters. The van der Waals surface area contributed by atoms with E-state index in [0.717, 1.165) is 5.56 Å². The molecule has 1 aromatic heterocycles.